The van der Waals surface area contributed by atoms with Crippen molar-refractivity contribution in [1.82, 2.24) is 14.3 Å². The van der Waals surface area contributed by atoms with Crippen molar-refractivity contribution >= 4 is 21.6 Å². The number of ether oxygens (including phenoxy) is 2. The lowest BCUT2D eigenvalue weighted by Crippen LogP contribution is -2.32. The summed E-state index contributed by atoms with van der Waals surface area (Å²) in [6.07, 6.45) is 4.74. The Balaban J connectivity index is 1.83. The van der Waals surface area contributed by atoms with Gasteiger partial charge in [0.25, 0.3) is 0 Å². The zero-order valence-electron chi connectivity index (χ0n) is 18.7. The number of nitrogens with zero attached hydrogens (tertiary/aromatic N) is 2. The van der Waals surface area contributed by atoms with E-state index in [9.17, 15) is 8.42 Å². The van der Waals surface area contributed by atoms with Gasteiger partial charge in [0.1, 0.15) is 23.1 Å². The largest absolute Gasteiger partial charge is 0.458 e. The Morgan fingerprint density at radius 3 is 2.81 bits per heavy atom. The minimum Gasteiger partial charge on any atom is -0.458 e. The fraction of sp³-hybridized carbons (Fsp3) is 0.619. The first kappa shape index (κ1) is 23.3. The topological polar surface area (TPSA) is 132 Å². The minimum atomic E-state index is -3.35. The highest BCUT2D eigenvalue weighted by atomic mass is 32.2. The van der Waals surface area contributed by atoms with Gasteiger partial charge >= 0.3 is 0 Å². The van der Waals surface area contributed by atoms with Crippen molar-refractivity contribution in [3.8, 4) is 0 Å². The lowest BCUT2D eigenvalue weighted by Gasteiger charge is -2.23. The Morgan fingerprint density at radius 2 is 2.16 bits per heavy atom. The molecule has 1 aromatic heterocycles. The van der Waals surface area contributed by atoms with Gasteiger partial charge in [-0.05, 0) is 45.6 Å². The lowest BCUT2D eigenvalue weighted by atomic mass is 9.85. The van der Waals surface area contributed by atoms with Crippen molar-refractivity contribution in [2.24, 2.45) is 5.92 Å². The third kappa shape index (κ3) is 5.48. The Morgan fingerprint density at radius 1 is 1.42 bits per heavy atom. The van der Waals surface area contributed by atoms with E-state index >= 15 is 0 Å². The second kappa shape index (κ2) is 9.44. The SMILES string of the molecule is CCC1CC2=C(C=C1Cc1nc(C(C)=N)c(N)n1CCCS(=O)(=O)NC(C)C)OCO2. The molecule has 2 aliphatic rings. The summed E-state index contributed by atoms with van der Waals surface area (Å²) >= 11 is 0. The highest BCUT2D eigenvalue weighted by molar-refractivity contribution is 7.89. The Bertz CT molecular complexity index is 1010. The van der Waals surface area contributed by atoms with Gasteiger partial charge in [0.2, 0.25) is 16.8 Å². The van der Waals surface area contributed by atoms with Crippen molar-refractivity contribution in [2.45, 2.75) is 66.0 Å². The van der Waals surface area contributed by atoms with Crippen LogP contribution in [0.4, 0.5) is 5.82 Å². The molecule has 0 bridgehead atoms. The maximum Gasteiger partial charge on any atom is 0.230 e. The maximum absolute atomic E-state index is 12.2. The molecule has 0 saturated heterocycles. The number of allylic oxidation sites excluding steroid dienone is 3. The van der Waals surface area contributed by atoms with E-state index in [-0.39, 0.29) is 24.3 Å². The molecule has 0 fully saturated rings. The van der Waals surface area contributed by atoms with Crippen LogP contribution in [-0.4, -0.2) is 42.3 Å². The van der Waals surface area contributed by atoms with Crippen molar-refractivity contribution in [2.75, 3.05) is 18.3 Å². The second-order valence-corrected chi connectivity index (χ2v) is 10.3. The summed E-state index contributed by atoms with van der Waals surface area (Å²) in [5.41, 5.74) is 8.23. The maximum atomic E-state index is 12.2. The number of nitrogens with two attached hydrogens (primary N) is 1. The molecule has 31 heavy (non-hydrogen) atoms. The lowest BCUT2D eigenvalue weighted by molar-refractivity contribution is 0.0717. The van der Waals surface area contributed by atoms with Crippen LogP contribution in [0.3, 0.4) is 0 Å². The molecule has 1 atom stereocenters. The summed E-state index contributed by atoms with van der Waals surface area (Å²) < 4.78 is 39.9. The summed E-state index contributed by atoms with van der Waals surface area (Å²) in [4.78, 5) is 4.64. The Kier molecular flexibility index (Phi) is 7.10. The van der Waals surface area contributed by atoms with Crippen molar-refractivity contribution in [3.05, 3.63) is 34.7 Å². The number of imidazole rings is 1. The third-order valence-corrected chi connectivity index (χ3v) is 7.16. The molecule has 1 aliphatic heterocycles. The Labute approximate surface area is 184 Å². The number of hydrogen-bond acceptors (Lipinski definition) is 7. The molecule has 0 spiro atoms. The highest BCUT2D eigenvalue weighted by Gasteiger charge is 2.29. The molecule has 0 saturated carbocycles. The molecule has 172 valence electrons. The van der Waals surface area contributed by atoms with Crippen LogP contribution in [-0.2, 0) is 32.5 Å². The zero-order valence-corrected chi connectivity index (χ0v) is 19.5. The molecule has 0 amide bonds. The summed E-state index contributed by atoms with van der Waals surface area (Å²) in [5.74, 6) is 3.13. The van der Waals surface area contributed by atoms with E-state index in [4.69, 9.17) is 20.6 Å². The molecule has 3 rings (SSSR count). The summed E-state index contributed by atoms with van der Waals surface area (Å²) in [7, 11) is -3.35. The fourth-order valence-electron chi connectivity index (χ4n) is 4.03. The van der Waals surface area contributed by atoms with Crippen LogP contribution in [0.5, 0.6) is 0 Å². The standard InChI is InChI=1S/C21H33N5O4S/c1-5-15-9-17-18(30-12-29-17)10-16(15)11-19-24-20(14(4)22)21(23)26(19)7-6-8-31(27,28)25-13(2)3/h10,13,15,22,25H,5-9,11-12,23H2,1-4H3. The fourth-order valence-corrected chi connectivity index (χ4v) is 5.37. The summed E-state index contributed by atoms with van der Waals surface area (Å²) in [5, 5.41) is 8.01. The van der Waals surface area contributed by atoms with Gasteiger partial charge in [-0.15, -0.1) is 0 Å². The van der Waals surface area contributed by atoms with E-state index in [0.717, 1.165) is 30.2 Å². The molecule has 1 aromatic rings. The van der Waals surface area contributed by atoms with Crippen LogP contribution >= 0.6 is 0 Å². The van der Waals surface area contributed by atoms with Gasteiger partial charge in [-0.25, -0.2) is 18.1 Å². The molecular weight excluding hydrogens is 418 g/mol. The quantitative estimate of drug-likeness (QED) is 0.469. The second-order valence-electron chi connectivity index (χ2n) is 8.38. The smallest absolute Gasteiger partial charge is 0.230 e. The van der Waals surface area contributed by atoms with Crippen LogP contribution in [0.1, 0.15) is 58.5 Å². The Hall–Kier alpha value is -2.33. The number of anilines is 1. The average Bonchev–Trinajstić information content (AvgIpc) is 3.25. The van der Waals surface area contributed by atoms with Crippen molar-refractivity contribution < 1.29 is 17.9 Å². The highest BCUT2D eigenvalue weighted by Crippen LogP contribution is 2.37. The van der Waals surface area contributed by atoms with Crippen LogP contribution in [0.2, 0.25) is 0 Å². The molecular formula is C21H33N5O4S. The van der Waals surface area contributed by atoms with Gasteiger partial charge in [-0.1, -0.05) is 12.5 Å². The van der Waals surface area contributed by atoms with E-state index in [2.05, 4.69) is 16.6 Å². The minimum absolute atomic E-state index is 0.00283. The predicted molar refractivity (Wildman–Crippen MR) is 120 cm³/mol. The molecule has 2 heterocycles. The number of nitrogens with one attached hydrogen (secondary N) is 2. The molecule has 1 aliphatic carbocycles. The van der Waals surface area contributed by atoms with Gasteiger partial charge in [0.05, 0.1) is 11.5 Å². The van der Waals surface area contributed by atoms with Gasteiger partial charge in [-0.2, -0.15) is 0 Å². The monoisotopic (exact) mass is 451 g/mol. The molecule has 9 nitrogen and oxygen atoms in total. The van der Waals surface area contributed by atoms with E-state index in [0.29, 0.717) is 36.8 Å². The molecule has 10 heteroatoms. The summed E-state index contributed by atoms with van der Waals surface area (Å²) in [6.45, 7) is 8.05. The number of hydrogen-bond donors (Lipinski definition) is 3. The normalized spacial score (nSPS) is 18.6. The number of nitrogen functional groups attached to an aromatic ring is 1. The van der Waals surface area contributed by atoms with Crippen LogP contribution in [0, 0.1) is 11.3 Å². The van der Waals surface area contributed by atoms with E-state index in [1.165, 1.54) is 5.57 Å². The van der Waals surface area contributed by atoms with E-state index in [1.54, 1.807) is 20.8 Å². The molecule has 4 N–H and O–H groups in total. The third-order valence-electron chi connectivity index (χ3n) is 5.50. The number of sulfonamides is 1. The van der Waals surface area contributed by atoms with E-state index < -0.39 is 10.0 Å². The van der Waals surface area contributed by atoms with Crippen LogP contribution in [0.25, 0.3) is 0 Å². The molecule has 0 radical (unpaired) electrons. The number of rotatable bonds is 10. The van der Waals surface area contributed by atoms with Gasteiger partial charge < -0.3 is 25.2 Å². The van der Waals surface area contributed by atoms with Crippen molar-refractivity contribution in [3.63, 3.8) is 0 Å². The molecule has 0 aromatic carbocycles. The predicted octanol–water partition coefficient (Wildman–Crippen LogP) is 2.69. The number of aromatic nitrogens is 2. The van der Waals surface area contributed by atoms with Crippen molar-refractivity contribution in [1.29, 1.82) is 5.41 Å². The van der Waals surface area contributed by atoms with Gasteiger partial charge in [0, 0.05) is 25.4 Å². The van der Waals surface area contributed by atoms with Crippen LogP contribution in [0.15, 0.2) is 23.2 Å². The van der Waals surface area contributed by atoms with Gasteiger partial charge in [0.15, 0.2) is 5.76 Å². The zero-order chi connectivity index (χ0) is 22.8. The first-order valence-electron chi connectivity index (χ1n) is 10.7. The van der Waals surface area contributed by atoms with Gasteiger partial charge in [-0.3, -0.25) is 0 Å². The average molecular weight is 452 g/mol. The van der Waals surface area contributed by atoms with E-state index in [1.807, 2.05) is 10.6 Å². The summed E-state index contributed by atoms with van der Waals surface area (Å²) in [6, 6.07) is -0.142. The first-order chi connectivity index (χ1) is 14.6. The molecule has 1 unspecified atom stereocenters. The first-order valence-corrected chi connectivity index (χ1v) is 12.4. The van der Waals surface area contributed by atoms with Crippen LogP contribution < -0.4 is 10.5 Å².